The van der Waals surface area contributed by atoms with Gasteiger partial charge in [-0.3, -0.25) is 4.79 Å². The molecule has 0 aliphatic heterocycles. The van der Waals surface area contributed by atoms with Crippen LogP contribution in [0.3, 0.4) is 0 Å². The van der Waals surface area contributed by atoms with Crippen molar-refractivity contribution in [3.8, 4) is 5.75 Å². The normalized spacial score (nSPS) is 13.9. The molecule has 3 N–H and O–H groups in total. The van der Waals surface area contributed by atoms with Crippen molar-refractivity contribution in [2.45, 2.75) is 33.2 Å². The molecule has 0 radical (unpaired) electrons. The van der Waals surface area contributed by atoms with Gasteiger partial charge in [-0.15, -0.1) is 0 Å². The Morgan fingerprint density at radius 3 is 2.65 bits per heavy atom. The summed E-state index contributed by atoms with van der Waals surface area (Å²) in [5, 5.41) is 3.60. The van der Waals surface area contributed by atoms with Crippen LogP contribution in [0.1, 0.15) is 26.3 Å². The summed E-state index contributed by atoms with van der Waals surface area (Å²) in [5.41, 5.74) is 6.22. The summed E-state index contributed by atoms with van der Waals surface area (Å²) in [6.45, 7) is 8.22. The molecular formula is C15H23ClN2O2. The van der Waals surface area contributed by atoms with Gasteiger partial charge in [-0.1, -0.05) is 25.4 Å². The molecule has 0 aromatic heterocycles. The highest BCUT2D eigenvalue weighted by atomic mass is 35.5. The van der Waals surface area contributed by atoms with E-state index >= 15 is 0 Å². The van der Waals surface area contributed by atoms with Gasteiger partial charge in [0, 0.05) is 11.6 Å². The lowest BCUT2D eigenvalue weighted by atomic mass is 9.88. The molecule has 1 aromatic rings. The summed E-state index contributed by atoms with van der Waals surface area (Å²) in [6, 6.07) is 5.30. The average Bonchev–Trinajstić information content (AvgIpc) is 2.39. The minimum Gasteiger partial charge on any atom is -0.484 e. The Morgan fingerprint density at radius 2 is 2.15 bits per heavy atom. The first-order valence-corrected chi connectivity index (χ1v) is 7.06. The minimum atomic E-state index is -0.420. The molecular weight excluding hydrogens is 276 g/mol. The number of ether oxygens (including phenoxy) is 1. The van der Waals surface area contributed by atoms with Crippen LogP contribution < -0.4 is 15.8 Å². The van der Waals surface area contributed by atoms with E-state index in [4.69, 9.17) is 22.1 Å². The number of aryl methyl sites for hydroxylation is 1. The topological polar surface area (TPSA) is 64.3 Å². The predicted octanol–water partition coefficient (Wildman–Crippen LogP) is 2.52. The molecule has 0 heterocycles. The smallest absolute Gasteiger partial charge is 0.258 e. The number of carbonyl (C=O) groups is 1. The van der Waals surface area contributed by atoms with Gasteiger partial charge in [0.05, 0.1) is 5.54 Å². The van der Waals surface area contributed by atoms with Crippen molar-refractivity contribution in [2.75, 3.05) is 13.2 Å². The number of nitrogens with one attached hydrogen (secondary N) is 1. The van der Waals surface area contributed by atoms with Crippen LogP contribution in [0.5, 0.6) is 5.75 Å². The Bertz CT molecular complexity index is 477. The monoisotopic (exact) mass is 298 g/mol. The summed E-state index contributed by atoms with van der Waals surface area (Å²) < 4.78 is 5.46. The van der Waals surface area contributed by atoms with Crippen molar-refractivity contribution in [1.29, 1.82) is 0 Å². The first-order chi connectivity index (χ1) is 9.28. The van der Waals surface area contributed by atoms with Crippen LogP contribution in [0.25, 0.3) is 0 Å². The van der Waals surface area contributed by atoms with Gasteiger partial charge < -0.3 is 15.8 Å². The Balaban J connectivity index is 2.57. The van der Waals surface area contributed by atoms with Gasteiger partial charge >= 0.3 is 0 Å². The Morgan fingerprint density at radius 1 is 1.50 bits per heavy atom. The summed E-state index contributed by atoms with van der Waals surface area (Å²) in [6.07, 6.45) is 0. The number of rotatable bonds is 6. The zero-order valence-electron chi connectivity index (χ0n) is 12.5. The van der Waals surface area contributed by atoms with Gasteiger partial charge in [-0.25, -0.2) is 0 Å². The molecule has 0 fully saturated rings. The van der Waals surface area contributed by atoms with E-state index in [9.17, 15) is 4.79 Å². The number of nitrogens with two attached hydrogens (primary N) is 1. The lowest BCUT2D eigenvalue weighted by molar-refractivity contribution is -0.125. The van der Waals surface area contributed by atoms with E-state index in [1.807, 2.05) is 27.7 Å². The lowest BCUT2D eigenvalue weighted by Gasteiger charge is -2.33. The maximum absolute atomic E-state index is 11.9. The summed E-state index contributed by atoms with van der Waals surface area (Å²) in [4.78, 5) is 11.9. The molecule has 0 bridgehead atoms. The fourth-order valence-electron chi connectivity index (χ4n) is 1.64. The molecule has 1 atom stereocenters. The van der Waals surface area contributed by atoms with Crippen molar-refractivity contribution in [1.82, 2.24) is 5.32 Å². The second-order valence-corrected chi connectivity index (χ2v) is 5.93. The van der Waals surface area contributed by atoms with Crippen molar-refractivity contribution < 1.29 is 9.53 Å². The summed E-state index contributed by atoms with van der Waals surface area (Å²) in [5.74, 6) is 0.689. The van der Waals surface area contributed by atoms with Crippen LogP contribution in [0.2, 0.25) is 5.02 Å². The van der Waals surface area contributed by atoms with E-state index in [0.29, 0.717) is 17.3 Å². The number of amides is 1. The van der Waals surface area contributed by atoms with Gasteiger partial charge in [0.15, 0.2) is 6.61 Å². The number of halogens is 1. The maximum atomic E-state index is 11.9. The summed E-state index contributed by atoms with van der Waals surface area (Å²) >= 11 is 5.94. The van der Waals surface area contributed by atoms with Crippen LogP contribution >= 0.6 is 11.6 Å². The molecule has 1 aromatic carbocycles. The predicted molar refractivity (Wildman–Crippen MR) is 82.1 cm³/mol. The van der Waals surface area contributed by atoms with Crippen molar-refractivity contribution in [3.63, 3.8) is 0 Å². The number of carbonyl (C=O) groups excluding carboxylic acids is 1. The Hall–Kier alpha value is -1.26. The van der Waals surface area contributed by atoms with Gasteiger partial charge in [0.1, 0.15) is 5.75 Å². The molecule has 112 valence electrons. The van der Waals surface area contributed by atoms with Gasteiger partial charge in [0.25, 0.3) is 5.91 Å². The fourth-order valence-corrected chi connectivity index (χ4v) is 1.76. The van der Waals surface area contributed by atoms with E-state index in [0.717, 1.165) is 5.56 Å². The molecule has 0 spiro atoms. The fraction of sp³-hybridized carbons (Fsp3) is 0.533. The SMILES string of the molecule is Cc1cc(OCC(=O)NC(C)(CN)C(C)C)ccc1Cl. The molecule has 1 unspecified atom stereocenters. The quantitative estimate of drug-likeness (QED) is 0.848. The van der Waals surface area contributed by atoms with Gasteiger partial charge in [-0.05, 0) is 43.5 Å². The van der Waals surface area contributed by atoms with E-state index < -0.39 is 5.54 Å². The molecule has 0 saturated carbocycles. The largest absolute Gasteiger partial charge is 0.484 e. The molecule has 5 heteroatoms. The van der Waals surface area contributed by atoms with Crippen LogP contribution in [0.15, 0.2) is 18.2 Å². The van der Waals surface area contributed by atoms with E-state index in [2.05, 4.69) is 5.32 Å². The molecule has 0 aliphatic carbocycles. The summed E-state index contributed by atoms with van der Waals surface area (Å²) in [7, 11) is 0. The van der Waals surface area contributed by atoms with Crippen LogP contribution in [0.4, 0.5) is 0 Å². The van der Waals surface area contributed by atoms with Crippen molar-refractivity contribution in [2.24, 2.45) is 11.7 Å². The maximum Gasteiger partial charge on any atom is 0.258 e. The molecule has 0 aliphatic rings. The first kappa shape index (κ1) is 16.8. The van der Waals surface area contributed by atoms with Gasteiger partial charge in [0.2, 0.25) is 0 Å². The molecule has 4 nitrogen and oxygen atoms in total. The van der Waals surface area contributed by atoms with Crippen molar-refractivity contribution in [3.05, 3.63) is 28.8 Å². The number of benzene rings is 1. The van der Waals surface area contributed by atoms with Crippen LogP contribution in [0, 0.1) is 12.8 Å². The average molecular weight is 299 g/mol. The van der Waals surface area contributed by atoms with E-state index in [1.165, 1.54) is 0 Å². The highest BCUT2D eigenvalue weighted by Gasteiger charge is 2.28. The first-order valence-electron chi connectivity index (χ1n) is 6.68. The third kappa shape index (κ3) is 4.39. The lowest BCUT2D eigenvalue weighted by Crippen LogP contribution is -2.56. The van der Waals surface area contributed by atoms with Crippen LogP contribution in [-0.4, -0.2) is 24.6 Å². The number of hydrogen-bond acceptors (Lipinski definition) is 3. The van der Waals surface area contributed by atoms with Crippen LogP contribution in [-0.2, 0) is 4.79 Å². The van der Waals surface area contributed by atoms with E-state index in [-0.39, 0.29) is 18.4 Å². The second kappa shape index (κ2) is 6.95. The molecule has 20 heavy (non-hydrogen) atoms. The number of hydrogen-bond donors (Lipinski definition) is 2. The molecule has 0 saturated heterocycles. The van der Waals surface area contributed by atoms with Crippen molar-refractivity contribution >= 4 is 17.5 Å². The molecule has 1 rings (SSSR count). The minimum absolute atomic E-state index is 0.0383. The third-order valence-corrected chi connectivity index (χ3v) is 4.05. The second-order valence-electron chi connectivity index (χ2n) is 5.52. The van der Waals surface area contributed by atoms with E-state index in [1.54, 1.807) is 18.2 Å². The zero-order chi connectivity index (χ0) is 15.3. The highest BCUT2D eigenvalue weighted by molar-refractivity contribution is 6.31. The Kier molecular flexibility index (Phi) is 5.84. The Labute approximate surface area is 125 Å². The standard InChI is InChI=1S/C15H23ClN2O2/c1-10(2)15(4,9-17)18-14(19)8-20-12-5-6-13(16)11(3)7-12/h5-7,10H,8-9,17H2,1-4H3,(H,18,19). The third-order valence-electron chi connectivity index (χ3n) is 3.62. The zero-order valence-corrected chi connectivity index (χ0v) is 13.3. The highest BCUT2D eigenvalue weighted by Crippen LogP contribution is 2.21. The van der Waals surface area contributed by atoms with Gasteiger partial charge in [-0.2, -0.15) is 0 Å². The molecule has 1 amide bonds.